The van der Waals surface area contributed by atoms with E-state index in [9.17, 15) is 13.2 Å². The lowest BCUT2D eigenvalue weighted by Gasteiger charge is -2.07. The standard InChI is InChI=1S/C17H20N2O3S2/c1-2-19-24(21,22)16-10-8-14(9-11-16)17(20)18-12-13-23-15-6-4-3-5-7-15/h3-11,19H,2,12-13H2,1H3,(H,18,20). The van der Waals surface area contributed by atoms with E-state index in [0.717, 1.165) is 10.6 Å². The van der Waals surface area contributed by atoms with Crippen LogP contribution in [0.15, 0.2) is 64.4 Å². The Morgan fingerprint density at radius 3 is 2.33 bits per heavy atom. The molecule has 0 radical (unpaired) electrons. The summed E-state index contributed by atoms with van der Waals surface area (Å²) in [4.78, 5) is 13.4. The minimum Gasteiger partial charge on any atom is -0.351 e. The van der Waals surface area contributed by atoms with E-state index in [-0.39, 0.29) is 10.8 Å². The zero-order valence-corrected chi connectivity index (χ0v) is 15.0. The number of benzene rings is 2. The first-order valence-electron chi connectivity index (χ1n) is 7.58. The Labute approximate surface area is 146 Å². The van der Waals surface area contributed by atoms with Gasteiger partial charge in [0.15, 0.2) is 0 Å². The van der Waals surface area contributed by atoms with Crippen LogP contribution < -0.4 is 10.0 Å². The Morgan fingerprint density at radius 2 is 1.71 bits per heavy atom. The molecule has 1 amide bonds. The van der Waals surface area contributed by atoms with Crippen LogP contribution in [-0.4, -0.2) is 33.2 Å². The molecule has 2 rings (SSSR count). The zero-order valence-electron chi connectivity index (χ0n) is 13.4. The first kappa shape index (κ1) is 18.5. The van der Waals surface area contributed by atoms with Crippen molar-refractivity contribution < 1.29 is 13.2 Å². The number of amides is 1. The third-order valence-electron chi connectivity index (χ3n) is 3.16. The fourth-order valence-corrected chi connectivity index (χ4v) is 3.84. The van der Waals surface area contributed by atoms with Gasteiger partial charge in [0.25, 0.3) is 5.91 Å². The third-order valence-corrected chi connectivity index (χ3v) is 5.74. The Morgan fingerprint density at radius 1 is 1.04 bits per heavy atom. The van der Waals surface area contributed by atoms with Gasteiger partial charge in [0, 0.05) is 29.3 Å². The molecule has 0 unspecified atom stereocenters. The molecule has 0 atom stereocenters. The SMILES string of the molecule is CCNS(=O)(=O)c1ccc(C(=O)NCCSc2ccccc2)cc1. The van der Waals surface area contributed by atoms with Gasteiger partial charge in [0.2, 0.25) is 10.0 Å². The summed E-state index contributed by atoms with van der Waals surface area (Å²) in [7, 11) is -3.49. The molecular formula is C17H20N2O3S2. The minimum absolute atomic E-state index is 0.153. The molecule has 0 spiro atoms. The van der Waals surface area contributed by atoms with Crippen LogP contribution in [0.1, 0.15) is 17.3 Å². The summed E-state index contributed by atoms with van der Waals surface area (Å²) in [5, 5.41) is 2.83. The molecule has 2 aromatic carbocycles. The molecule has 2 N–H and O–H groups in total. The fraction of sp³-hybridized carbons (Fsp3) is 0.235. The number of carbonyl (C=O) groups is 1. The molecule has 0 bridgehead atoms. The van der Waals surface area contributed by atoms with Crippen molar-refractivity contribution >= 4 is 27.7 Å². The number of sulfonamides is 1. The summed E-state index contributed by atoms with van der Waals surface area (Å²) in [6, 6.07) is 15.9. The molecule has 0 saturated heterocycles. The lowest BCUT2D eigenvalue weighted by Crippen LogP contribution is -2.26. The summed E-state index contributed by atoms with van der Waals surface area (Å²) < 4.78 is 26.1. The Kier molecular flexibility index (Phi) is 6.84. The number of hydrogen-bond acceptors (Lipinski definition) is 4. The van der Waals surface area contributed by atoms with Crippen molar-refractivity contribution in [3.63, 3.8) is 0 Å². The van der Waals surface area contributed by atoms with E-state index in [1.165, 1.54) is 24.3 Å². The summed E-state index contributed by atoms with van der Waals surface area (Å²) in [5.74, 6) is 0.555. The first-order valence-corrected chi connectivity index (χ1v) is 10.1. The molecule has 0 saturated carbocycles. The average molecular weight is 364 g/mol. The quantitative estimate of drug-likeness (QED) is 0.557. The molecule has 2 aromatic rings. The molecule has 24 heavy (non-hydrogen) atoms. The van der Waals surface area contributed by atoms with E-state index in [1.54, 1.807) is 18.7 Å². The van der Waals surface area contributed by atoms with Crippen molar-refractivity contribution in [2.24, 2.45) is 0 Å². The van der Waals surface area contributed by atoms with Crippen molar-refractivity contribution in [1.82, 2.24) is 10.0 Å². The predicted molar refractivity (Wildman–Crippen MR) is 96.8 cm³/mol. The van der Waals surface area contributed by atoms with Gasteiger partial charge in [-0.15, -0.1) is 11.8 Å². The molecule has 0 aliphatic heterocycles. The van der Waals surface area contributed by atoms with Crippen LogP contribution in [0.5, 0.6) is 0 Å². The highest BCUT2D eigenvalue weighted by Crippen LogP contribution is 2.16. The Hall–Kier alpha value is -1.83. The Bertz CT molecular complexity index is 760. The van der Waals surface area contributed by atoms with Gasteiger partial charge in [0.1, 0.15) is 0 Å². The van der Waals surface area contributed by atoms with Gasteiger partial charge in [-0.3, -0.25) is 4.79 Å². The van der Waals surface area contributed by atoms with E-state index in [1.807, 2.05) is 30.3 Å². The normalized spacial score (nSPS) is 11.2. The fourth-order valence-electron chi connectivity index (χ4n) is 2.01. The highest BCUT2D eigenvalue weighted by atomic mass is 32.2. The summed E-state index contributed by atoms with van der Waals surface area (Å²) in [6.07, 6.45) is 0. The van der Waals surface area contributed by atoms with Crippen LogP contribution in [0.2, 0.25) is 0 Å². The molecule has 0 aromatic heterocycles. The summed E-state index contributed by atoms with van der Waals surface area (Å²) in [5.41, 5.74) is 0.440. The van der Waals surface area contributed by atoms with Crippen LogP contribution >= 0.6 is 11.8 Å². The highest BCUT2D eigenvalue weighted by molar-refractivity contribution is 7.99. The second-order valence-electron chi connectivity index (χ2n) is 4.94. The lowest BCUT2D eigenvalue weighted by molar-refractivity contribution is 0.0956. The van der Waals surface area contributed by atoms with Gasteiger partial charge >= 0.3 is 0 Å². The van der Waals surface area contributed by atoms with Crippen molar-refractivity contribution in [2.75, 3.05) is 18.8 Å². The van der Waals surface area contributed by atoms with Crippen LogP contribution in [0.3, 0.4) is 0 Å². The van der Waals surface area contributed by atoms with Crippen LogP contribution in [0.25, 0.3) is 0 Å². The van der Waals surface area contributed by atoms with E-state index >= 15 is 0 Å². The van der Waals surface area contributed by atoms with Crippen LogP contribution in [-0.2, 0) is 10.0 Å². The lowest BCUT2D eigenvalue weighted by atomic mass is 10.2. The summed E-state index contributed by atoms with van der Waals surface area (Å²) >= 11 is 1.67. The van der Waals surface area contributed by atoms with Crippen LogP contribution in [0.4, 0.5) is 0 Å². The van der Waals surface area contributed by atoms with Gasteiger partial charge in [-0.1, -0.05) is 25.1 Å². The number of nitrogens with one attached hydrogen (secondary N) is 2. The predicted octanol–water partition coefficient (Wildman–Crippen LogP) is 2.51. The molecule has 0 fully saturated rings. The van der Waals surface area contributed by atoms with Gasteiger partial charge < -0.3 is 5.32 Å². The maximum absolute atomic E-state index is 12.1. The van der Waals surface area contributed by atoms with Crippen molar-refractivity contribution in [3.05, 3.63) is 60.2 Å². The largest absolute Gasteiger partial charge is 0.351 e. The minimum atomic E-state index is -3.49. The molecule has 128 valence electrons. The number of rotatable bonds is 8. The molecule has 0 heterocycles. The topological polar surface area (TPSA) is 75.3 Å². The third kappa shape index (κ3) is 5.36. The molecule has 5 nitrogen and oxygen atoms in total. The maximum Gasteiger partial charge on any atom is 0.251 e. The molecule has 7 heteroatoms. The number of thioether (sulfide) groups is 1. The van der Waals surface area contributed by atoms with E-state index in [4.69, 9.17) is 0 Å². The average Bonchev–Trinajstić information content (AvgIpc) is 2.59. The second-order valence-corrected chi connectivity index (χ2v) is 7.88. The zero-order chi connectivity index (χ0) is 17.4. The van der Waals surface area contributed by atoms with E-state index in [2.05, 4.69) is 10.0 Å². The van der Waals surface area contributed by atoms with Gasteiger partial charge in [-0.2, -0.15) is 0 Å². The van der Waals surface area contributed by atoms with Crippen molar-refractivity contribution in [2.45, 2.75) is 16.7 Å². The van der Waals surface area contributed by atoms with Gasteiger partial charge in [-0.05, 0) is 36.4 Å². The van der Waals surface area contributed by atoms with Gasteiger partial charge in [0.05, 0.1) is 4.90 Å². The van der Waals surface area contributed by atoms with Crippen molar-refractivity contribution in [1.29, 1.82) is 0 Å². The monoisotopic (exact) mass is 364 g/mol. The molecular weight excluding hydrogens is 344 g/mol. The first-order chi connectivity index (χ1) is 11.5. The summed E-state index contributed by atoms with van der Waals surface area (Å²) in [6.45, 7) is 2.58. The van der Waals surface area contributed by atoms with Crippen LogP contribution in [0, 0.1) is 0 Å². The van der Waals surface area contributed by atoms with Gasteiger partial charge in [-0.25, -0.2) is 13.1 Å². The highest BCUT2D eigenvalue weighted by Gasteiger charge is 2.13. The van der Waals surface area contributed by atoms with E-state index in [0.29, 0.717) is 18.7 Å². The maximum atomic E-state index is 12.1. The van der Waals surface area contributed by atoms with E-state index < -0.39 is 10.0 Å². The molecule has 0 aliphatic carbocycles. The second kappa shape index (κ2) is 8.86. The number of hydrogen-bond donors (Lipinski definition) is 2. The number of carbonyl (C=O) groups excluding carboxylic acids is 1. The molecule has 0 aliphatic rings. The Balaban J connectivity index is 1.84. The van der Waals surface area contributed by atoms with Crippen molar-refractivity contribution in [3.8, 4) is 0 Å². The smallest absolute Gasteiger partial charge is 0.251 e.